The molecule has 1 aliphatic heterocycles. The molecule has 8 heteroatoms. The molecule has 1 amide bonds. The Morgan fingerprint density at radius 3 is 2.50 bits per heavy atom. The summed E-state index contributed by atoms with van der Waals surface area (Å²) in [5.41, 5.74) is 5.67. The van der Waals surface area contributed by atoms with Crippen LogP contribution in [0, 0.1) is 0 Å². The molecule has 0 aliphatic carbocycles. The maximum absolute atomic E-state index is 12.5. The van der Waals surface area contributed by atoms with Crippen LogP contribution in [0.5, 0.6) is 0 Å². The van der Waals surface area contributed by atoms with Crippen LogP contribution in [0.1, 0.15) is 21.5 Å². The molecule has 2 heterocycles. The lowest BCUT2D eigenvalue weighted by Gasteiger charge is -2.18. The average Bonchev–Trinajstić information content (AvgIpc) is 3.01. The van der Waals surface area contributed by atoms with Gasteiger partial charge < -0.3 is 10.6 Å². The van der Waals surface area contributed by atoms with Crippen molar-refractivity contribution >= 4 is 11.7 Å². The molecule has 0 spiro atoms. The minimum atomic E-state index is -4.34. The van der Waals surface area contributed by atoms with Crippen molar-refractivity contribution in [2.24, 2.45) is 5.73 Å². The van der Waals surface area contributed by atoms with E-state index in [0.29, 0.717) is 31.0 Å². The molecule has 1 aromatic carbocycles. The smallest absolute Gasteiger partial charge is 0.365 e. The summed E-state index contributed by atoms with van der Waals surface area (Å²) in [7, 11) is 0. The normalized spacial score (nSPS) is 14.2. The second-order valence-corrected chi connectivity index (χ2v) is 5.09. The first-order valence-corrected chi connectivity index (χ1v) is 6.63. The molecule has 0 saturated carbocycles. The van der Waals surface area contributed by atoms with Crippen molar-refractivity contribution < 1.29 is 18.0 Å². The van der Waals surface area contributed by atoms with E-state index in [1.165, 1.54) is 18.3 Å². The van der Waals surface area contributed by atoms with Crippen LogP contribution in [-0.4, -0.2) is 22.2 Å². The van der Waals surface area contributed by atoms with Crippen LogP contribution in [0.3, 0.4) is 0 Å². The number of halogens is 3. The number of carbonyl (C=O) groups excluding carboxylic acids is 1. The number of benzene rings is 1. The number of amides is 1. The maximum atomic E-state index is 12.5. The number of primary amides is 1. The molecular formula is C14H13F3N4O. The van der Waals surface area contributed by atoms with Crippen molar-refractivity contribution in [1.29, 1.82) is 0 Å². The number of hydrogen-bond donors (Lipinski definition) is 1. The second-order valence-electron chi connectivity index (χ2n) is 5.09. The van der Waals surface area contributed by atoms with Crippen molar-refractivity contribution in [1.82, 2.24) is 9.78 Å². The molecular weight excluding hydrogens is 297 g/mol. The summed E-state index contributed by atoms with van der Waals surface area (Å²) < 4.78 is 39.3. The zero-order valence-corrected chi connectivity index (χ0v) is 11.5. The van der Waals surface area contributed by atoms with Gasteiger partial charge in [-0.3, -0.25) is 4.79 Å². The Labute approximate surface area is 124 Å². The standard InChI is InChI=1S/C14H13F3N4O/c15-14(16,17)10-3-1-9(2-4-10)8-20-5-6-21-13(20)11(7-19-21)12(18)22/h1-4,7H,5-6,8H2,(H2,18,22). The van der Waals surface area contributed by atoms with Gasteiger partial charge in [0.2, 0.25) is 0 Å². The quantitative estimate of drug-likeness (QED) is 0.943. The summed E-state index contributed by atoms with van der Waals surface area (Å²) in [6, 6.07) is 4.98. The largest absolute Gasteiger partial charge is 0.416 e. The third-order valence-corrected chi connectivity index (χ3v) is 3.61. The molecule has 1 aliphatic rings. The zero-order chi connectivity index (χ0) is 15.9. The Morgan fingerprint density at radius 2 is 1.91 bits per heavy atom. The van der Waals surface area contributed by atoms with E-state index >= 15 is 0 Å². The van der Waals surface area contributed by atoms with Gasteiger partial charge in [0, 0.05) is 13.1 Å². The van der Waals surface area contributed by atoms with E-state index in [1.54, 1.807) is 4.68 Å². The lowest BCUT2D eigenvalue weighted by atomic mass is 10.1. The molecule has 0 saturated heterocycles. The fourth-order valence-electron chi connectivity index (χ4n) is 2.54. The summed E-state index contributed by atoms with van der Waals surface area (Å²) in [5, 5.41) is 4.08. The van der Waals surface area contributed by atoms with Crippen LogP contribution in [-0.2, 0) is 19.3 Å². The van der Waals surface area contributed by atoms with Crippen LogP contribution in [0.4, 0.5) is 19.0 Å². The third-order valence-electron chi connectivity index (χ3n) is 3.61. The lowest BCUT2D eigenvalue weighted by Crippen LogP contribution is -2.23. The van der Waals surface area contributed by atoms with Crippen molar-refractivity contribution in [2.45, 2.75) is 19.3 Å². The number of aromatic nitrogens is 2. The van der Waals surface area contributed by atoms with Crippen molar-refractivity contribution in [3.8, 4) is 0 Å². The number of hydrogen-bond acceptors (Lipinski definition) is 3. The van der Waals surface area contributed by atoms with Gasteiger partial charge in [-0.05, 0) is 17.7 Å². The fraction of sp³-hybridized carbons (Fsp3) is 0.286. The summed E-state index contributed by atoms with van der Waals surface area (Å²) in [6.45, 7) is 1.64. The van der Waals surface area contributed by atoms with E-state index in [1.807, 2.05) is 4.90 Å². The summed E-state index contributed by atoms with van der Waals surface area (Å²) in [5.74, 6) is 0.0490. The van der Waals surface area contributed by atoms with Crippen LogP contribution >= 0.6 is 0 Å². The average molecular weight is 310 g/mol. The predicted molar refractivity (Wildman–Crippen MR) is 73.2 cm³/mol. The van der Waals surface area contributed by atoms with Gasteiger partial charge in [0.05, 0.1) is 18.3 Å². The minimum Gasteiger partial charge on any atom is -0.365 e. The molecule has 3 rings (SSSR count). The fourth-order valence-corrected chi connectivity index (χ4v) is 2.54. The number of fused-ring (bicyclic) bond motifs is 1. The van der Waals surface area contributed by atoms with E-state index < -0.39 is 17.6 Å². The molecule has 116 valence electrons. The number of carbonyl (C=O) groups is 1. The van der Waals surface area contributed by atoms with Gasteiger partial charge in [-0.1, -0.05) is 12.1 Å². The van der Waals surface area contributed by atoms with Gasteiger partial charge in [0.25, 0.3) is 5.91 Å². The Hall–Kier alpha value is -2.51. The zero-order valence-electron chi connectivity index (χ0n) is 11.5. The minimum absolute atomic E-state index is 0.324. The molecule has 2 aromatic rings. The Bertz CT molecular complexity index is 706. The molecule has 22 heavy (non-hydrogen) atoms. The van der Waals surface area contributed by atoms with E-state index in [9.17, 15) is 18.0 Å². The molecule has 0 bridgehead atoms. The van der Waals surface area contributed by atoms with Gasteiger partial charge in [-0.2, -0.15) is 18.3 Å². The van der Waals surface area contributed by atoms with Crippen LogP contribution in [0.25, 0.3) is 0 Å². The van der Waals surface area contributed by atoms with Gasteiger partial charge in [0.1, 0.15) is 11.4 Å². The number of nitrogens with two attached hydrogens (primary N) is 1. The SMILES string of the molecule is NC(=O)c1cnn2c1N(Cc1ccc(C(F)(F)F)cc1)CC2. The highest BCUT2D eigenvalue weighted by Gasteiger charge is 2.30. The summed E-state index contributed by atoms with van der Waals surface area (Å²) in [6.07, 6.45) is -2.93. The highest BCUT2D eigenvalue weighted by Crippen LogP contribution is 2.30. The van der Waals surface area contributed by atoms with Crippen molar-refractivity contribution in [3.05, 3.63) is 47.2 Å². The number of anilines is 1. The maximum Gasteiger partial charge on any atom is 0.416 e. The van der Waals surface area contributed by atoms with Crippen molar-refractivity contribution in [2.75, 3.05) is 11.4 Å². The number of rotatable bonds is 3. The van der Waals surface area contributed by atoms with Crippen LogP contribution in [0.2, 0.25) is 0 Å². The Balaban J connectivity index is 1.82. The molecule has 0 radical (unpaired) electrons. The van der Waals surface area contributed by atoms with E-state index in [4.69, 9.17) is 5.73 Å². The lowest BCUT2D eigenvalue weighted by molar-refractivity contribution is -0.137. The van der Waals surface area contributed by atoms with Gasteiger partial charge in [0.15, 0.2) is 0 Å². The number of alkyl halides is 3. The monoisotopic (exact) mass is 310 g/mol. The van der Waals surface area contributed by atoms with E-state index in [-0.39, 0.29) is 0 Å². The van der Waals surface area contributed by atoms with E-state index in [0.717, 1.165) is 17.7 Å². The molecule has 1 aromatic heterocycles. The van der Waals surface area contributed by atoms with Gasteiger partial charge in [-0.25, -0.2) is 4.68 Å². The molecule has 0 atom stereocenters. The van der Waals surface area contributed by atoms with Crippen LogP contribution < -0.4 is 10.6 Å². The number of nitrogens with zero attached hydrogens (tertiary/aromatic N) is 3. The molecule has 0 unspecified atom stereocenters. The molecule has 5 nitrogen and oxygen atoms in total. The first-order valence-electron chi connectivity index (χ1n) is 6.63. The Kier molecular flexibility index (Phi) is 3.31. The van der Waals surface area contributed by atoms with Gasteiger partial charge >= 0.3 is 6.18 Å². The second kappa shape index (κ2) is 5.04. The topological polar surface area (TPSA) is 64.2 Å². The Morgan fingerprint density at radius 1 is 1.23 bits per heavy atom. The highest BCUT2D eigenvalue weighted by atomic mass is 19.4. The first-order chi connectivity index (χ1) is 10.4. The van der Waals surface area contributed by atoms with Crippen molar-refractivity contribution in [3.63, 3.8) is 0 Å². The first kappa shape index (κ1) is 14.4. The molecule has 2 N–H and O–H groups in total. The summed E-state index contributed by atoms with van der Waals surface area (Å²) in [4.78, 5) is 13.3. The summed E-state index contributed by atoms with van der Waals surface area (Å²) >= 11 is 0. The third kappa shape index (κ3) is 2.51. The molecule has 0 fully saturated rings. The van der Waals surface area contributed by atoms with Gasteiger partial charge in [-0.15, -0.1) is 0 Å². The highest BCUT2D eigenvalue weighted by molar-refractivity contribution is 5.97. The van der Waals surface area contributed by atoms with Crippen LogP contribution in [0.15, 0.2) is 30.5 Å². The van der Waals surface area contributed by atoms with E-state index in [2.05, 4.69) is 5.10 Å². The predicted octanol–water partition coefficient (Wildman–Crippen LogP) is 2.02.